The molecule has 0 saturated carbocycles. The van der Waals surface area contributed by atoms with Crippen molar-refractivity contribution < 1.29 is 4.79 Å². The number of hydrogen-bond donors (Lipinski definition) is 1. The zero-order valence-electron chi connectivity index (χ0n) is 18.3. The number of nitrogens with one attached hydrogen (secondary N) is 1. The van der Waals surface area contributed by atoms with Gasteiger partial charge in [0.05, 0.1) is 17.8 Å². The van der Waals surface area contributed by atoms with Crippen LogP contribution in [0, 0.1) is 20.8 Å². The quantitative estimate of drug-likeness (QED) is 0.452. The van der Waals surface area contributed by atoms with E-state index in [2.05, 4.69) is 20.5 Å². The van der Waals surface area contributed by atoms with Crippen LogP contribution in [0.15, 0.2) is 55.0 Å². The molecule has 4 aromatic rings. The van der Waals surface area contributed by atoms with Crippen LogP contribution in [0.3, 0.4) is 0 Å². The highest BCUT2D eigenvalue weighted by Crippen LogP contribution is 2.23. The van der Waals surface area contributed by atoms with E-state index in [0.29, 0.717) is 10.8 Å². The van der Waals surface area contributed by atoms with E-state index in [1.54, 1.807) is 12.4 Å². The Hall–Kier alpha value is -3.45. The molecule has 1 amide bonds. The highest BCUT2D eigenvalue weighted by molar-refractivity contribution is 6.31. The second-order valence-corrected chi connectivity index (χ2v) is 8.20. The molecule has 7 nitrogen and oxygen atoms in total. The van der Waals surface area contributed by atoms with E-state index in [4.69, 9.17) is 11.6 Å². The number of anilines is 1. The van der Waals surface area contributed by atoms with Crippen molar-refractivity contribution in [3.05, 3.63) is 88.1 Å². The van der Waals surface area contributed by atoms with Crippen LogP contribution >= 0.6 is 11.6 Å². The maximum absolute atomic E-state index is 12.7. The number of benzene rings is 1. The molecule has 1 aromatic carbocycles. The molecule has 0 atom stereocenters. The topological polar surface area (TPSA) is 77.6 Å². The standard InChI is InChI=1S/C24H25ClN6O/c1-16-4-5-20(14-22(16)25)31-18(3)21(17(2)28-31)15-24(32)27-23-9-13-30(29-23)12-8-19-6-10-26-11-7-19/h4-7,9-11,13-14H,8,12,15H2,1-3H3,(H,27,29,32). The van der Waals surface area contributed by atoms with Gasteiger partial charge in [-0.05, 0) is 62.6 Å². The van der Waals surface area contributed by atoms with Gasteiger partial charge in [-0.25, -0.2) is 4.68 Å². The van der Waals surface area contributed by atoms with Gasteiger partial charge in [-0.2, -0.15) is 10.2 Å². The van der Waals surface area contributed by atoms with E-state index in [1.165, 1.54) is 5.56 Å². The van der Waals surface area contributed by atoms with Crippen LogP contribution in [0.25, 0.3) is 5.69 Å². The Labute approximate surface area is 192 Å². The van der Waals surface area contributed by atoms with Crippen molar-refractivity contribution in [3.63, 3.8) is 0 Å². The van der Waals surface area contributed by atoms with Gasteiger partial charge in [0.2, 0.25) is 5.91 Å². The third-order valence-corrected chi connectivity index (χ3v) is 5.87. The molecular weight excluding hydrogens is 424 g/mol. The molecule has 0 aliphatic rings. The summed E-state index contributed by atoms with van der Waals surface area (Å²) < 4.78 is 3.66. The minimum absolute atomic E-state index is 0.128. The summed E-state index contributed by atoms with van der Waals surface area (Å²) >= 11 is 6.28. The monoisotopic (exact) mass is 448 g/mol. The Kier molecular flexibility index (Phi) is 6.37. The van der Waals surface area contributed by atoms with Crippen LogP contribution in [0.4, 0.5) is 5.82 Å². The summed E-state index contributed by atoms with van der Waals surface area (Å²) in [6.45, 7) is 6.56. The number of amides is 1. The van der Waals surface area contributed by atoms with E-state index >= 15 is 0 Å². The maximum atomic E-state index is 12.7. The Morgan fingerprint density at radius 1 is 1.06 bits per heavy atom. The number of nitrogens with zero attached hydrogens (tertiary/aromatic N) is 5. The summed E-state index contributed by atoms with van der Waals surface area (Å²) in [4.78, 5) is 16.7. The number of rotatable bonds is 7. The predicted octanol–water partition coefficient (Wildman–Crippen LogP) is 4.47. The Bertz CT molecular complexity index is 1240. The molecule has 0 saturated heterocycles. The molecule has 0 aliphatic heterocycles. The first kappa shape index (κ1) is 21.8. The molecule has 0 fully saturated rings. The van der Waals surface area contributed by atoms with Crippen molar-refractivity contribution in [3.8, 4) is 5.69 Å². The predicted molar refractivity (Wildman–Crippen MR) is 125 cm³/mol. The van der Waals surface area contributed by atoms with Crippen LogP contribution in [0.1, 0.15) is 28.1 Å². The van der Waals surface area contributed by atoms with Gasteiger partial charge in [0.1, 0.15) is 0 Å². The summed E-state index contributed by atoms with van der Waals surface area (Å²) in [5.74, 6) is 0.412. The maximum Gasteiger partial charge on any atom is 0.230 e. The third-order valence-electron chi connectivity index (χ3n) is 5.47. The molecule has 4 rings (SSSR count). The lowest BCUT2D eigenvalue weighted by Gasteiger charge is -2.07. The average Bonchev–Trinajstić information content (AvgIpc) is 3.34. The number of aromatic nitrogens is 5. The minimum Gasteiger partial charge on any atom is -0.309 e. The summed E-state index contributed by atoms with van der Waals surface area (Å²) in [5.41, 5.74) is 5.71. The largest absolute Gasteiger partial charge is 0.309 e. The third kappa shape index (κ3) is 4.89. The lowest BCUT2D eigenvalue weighted by atomic mass is 10.1. The van der Waals surface area contributed by atoms with E-state index < -0.39 is 0 Å². The van der Waals surface area contributed by atoms with Crippen LogP contribution in [0.5, 0.6) is 0 Å². The van der Waals surface area contributed by atoms with E-state index in [1.807, 2.05) is 72.7 Å². The van der Waals surface area contributed by atoms with Crippen molar-refractivity contribution in [2.75, 3.05) is 5.32 Å². The van der Waals surface area contributed by atoms with Gasteiger partial charge in [0, 0.05) is 47.5 Å². The molecule has 8 heteroatoms. The molecule has 32 heavy (non-hydrogen) atoms. The van der Waals surface area contributed by atoms with E-state index in [-0.39, 0.29) is 12.3 Å². The van der Waals surface area contributed by atoms with Gasteiger partial charge in [-0.15, -0.1) is 0 Å². The smallest absolute Gasteiger partial charge is 0.230 e. The summed E-state index contributed by atoms with van der Waals surface area (Å²) in [5, 5.41) is 12.7. The molecule has 0 radical (unpaired) electrons. The Morgan fingerprint density at radius 3 is 2.59 bits per heavy atom. The fourth-order valence-corrected chi connectivity index (χ4v) is 3.76. The van der Waals surface area contributed by atoms with Crippen molar-refractivity contribution in [2.45, 2.75) is 40.2 Å². The van der Waals surface area contributed by atoms with E-state index in [0.717, 1.165) is 41.2 Å². The number of aryl methyl sites for hydroxylation is 4. The van der Waals surface area contributed by atoms with Crippen LogP contribution < -0.4 is 5.32 Å². The number of carbonyl (C=O) groups is 1. The number of pyridine rings is 1. The molecule has 3 aromatic heterocycles. The first-order valence-corrected chi connectivity index (χ1v) is 10.8. The van der Waals surface area contributed by atoms with Gasteiger partial charge < -0.3 is 5.32 Å². The van der Waals surface area contributed by atoms with Gasteiger partial charge in [0.25, 0.3) is 0 Å². The van der Waals surface area contributed by atoms with Crippen LogP contribution in [-0.2, 0) is 24.2 Å². The second kappa shape index (κ2) is 9.36. The first-order valence-electron chi connectivity index (χ1n) is 10.4. The van der Waals surface area contributed by atoms with Crippen molar-refractivity contribution in [1.29, 1.82) is 0 Å². The highest BCUT2D eigenvalue weighted by Gasteiger charge is 2.17. The number of hydrogen-bond acceptors (Lipinski definition) is 4. The van der Waals surface area contributed by atoms with Gasteiger partial charge in [-0.1, -0.05) is 17.7 Å². The molecule has 164 valence electrons. The lowest BCUT2D eigenvalue weighted by Crippen LogP contribution is -2.16. The van der Waals surface area contributed by atoms with E-state index in [9.17, 15) is 4.79 Å². The minimum atomic E-state index is -0.128. The molecule has 0 bridgehead atoms. The normalized spacial score (nSPS) is 11.0. The lowest BCUT2D eigenvalue weighted by molar-refractivity contribution is -0.115. The van der Waals surface area contributed by atoms with Crippen molar-refractivity contribution in [1.82, 2.24) is 24.5 Å². The average molecular weight is 449 g/mol. The zero-order chi connectivity index (χ0) is 22.7. The number of halogens is 1. The highest BCUT2D eigenvalue weighted by atomic mass is 35.5. The summed E-state index contributed by atoms with van der Waals surface area (Å²) in [7, 11) is 0. The molecule has 1 N–H and O–H groups in total. The zero-order valence-corrected chi connectivity index (χ0v) is 19.1. The molecular formula is C24H25ClN6O. The fourth-order valence-electron chi connectivity index (χ4n) is 3.59. The number of carbonyl (C=O) groups excluding carboxylic acids is 1. The Balaban J connectivity index is 1.41. The van der Waals surface area contributed by atoms with Gasteiger partial charge in [0.15, 0.2) is 5.82 Å². The molecule has 3 heterocycles. The first-order chi connectivity index (χ1) is 15.4. The fraction of sp³-hybridized carbons (Fsp3) is 0.250. The van der Waals surface area contributed by atoms with Crippen LogP contribution in [0.2, 0.25) is 5.02 Å². The Morgan fingerprint density at radius 2 is 1.84 bits per heavy atom. The summed E-state index contributed by atoms with van der Waals surface area (Å²) in [6, 6.07) is 11.6. The van der Waals surface area contributed by atoms with Crippen molar-refractivity contribution in [2.24, 2.45) is 0 Å². The second-order valence-electron chi connectivity index (χ2n) is 7.79. The van der Waals surface area contributed by atoms with Gasteiger partial charge >= 0.3 is 0 Å². The van der Waals surface area contributed by atoms with Crippen molar-refractivity contribution >= 4 is 23.3 Å². The SMILES string of the molecule is Cc1ccc(-n2nc(C)c(CC(=O)Nc3ccn(CCc4ccncc4)n3)c2C)cc1Cl. The van der Waals surface area contributed by atoms with Gasteiger partial charge in [-0.3, -0.25) is 14.5 Å². The summed E-state index contributed by atoms with van der Waals surface area (Å²) in [6.07, 6.45) is 6.50. The molecule has 0 unspecified atom stereocenters. The van der Waals surface area contributed by atoms with Crippen LogP contribution in [-0.4, -0.2) is 30.5 Å². The molecule has 0 aliphatic carbocycles. The molecule has 0 spiro atoms.